The van der Waals surface area contributed by atoms with Crippen molar-refractivity contribution >= 4 is 53.4 Å². The van der Waals surface area contributed by atoms with Gasteiger partial charge in [-0.05, 0) is 24.4 Å². The van der Waals surface area contributed by atoms with Crippen LogP contribution in [0.3, 0.4) is 0 Å². The minimum Gasteiger partial charge on any atom is -0.381 e. The Hall–Kier alpha value is -0.780. The molecule has 16 heavy (non-hydrogen) atoms. The van der Waals surface area contributed by atoms with Gasteiger partial charge >= 0.3 is 0 Å². The number of thiazole rings is 1. The van der Waals surface area contributed by atoms with E-state index in [2.05, 4.69) is 41.5 Å². The number of hydrogen-bond acceptors (Lipinski definition) is 3. The van der Waals surface area contributed by atoms with Gasteiger partial charge in [0, 0.05) is 12.0 Å². The second kappa shape index (κ2) is 4.61. The van der Waals surface area contributed by atoms with E-state index in [0.29, 0.717) is 0 Å². The average molecular weight is 268 g/mol. The molecule has 0 bridgehead atoms. The highest BCUT2D eigenvalue weighted by Crippen LogP contribution is 2.29. The van der Waals surface area contributed by atoms with Crippen LogP contribution in [-0.4, -0.2) is 17.0 Å². The predicted molar refractivity (Wildman–Crippen MR) is 77.3 cm³/mol. The SMILES string of the molecule is CC1(CNC=S)C=Cc2[nH]c(=S)sc2C=C1. The van der Waals surface area contributed by atoms with Crippen molar-refractivity contribution in [2.75, 3.05) is 6.54 Å². The van der Waals surface area contributed by atoms with E-state index in [1.165, 1.54) is 4.88 Å². The summed E-state index contributed by atoms with van der Waals surface area (Å²) in [5, 5.41) is 3.08. The van der Waals surface area contributed by atoms with Crippen molar-refractivity contribution in [1.29, 1.82) is 0 Å². The van der Waals surface area contributed by atoms with E-state index in [4.69, 9.17) is 24.4 Å². The summed E-state index contributed by atoms with van der Waals surface area (Å²) in [6.45, 7) is 2.97. The van der Waals surface area contributed by atoms with Crippen molar-refractivity contribution in [3.63, 3.8) is 0 Å². The molecule has 84 valence electrons. The monoisotopic (exact) mass is 268 g/mol. The second-order valence-electron chi connectivity index (χ2n) is 3.96. The zero-order valence-electron chi connectivity index (χ0n) is 8.82. The molecular formula is C11H12N2S3. The van der Waals surface area contributed by atoms with Gasteiger partial charge in [0.1, 0.15) is 0 Å². The van der Waals surface area contributed by atoms with Crippen molar-refractivity contribution in [1.82, 2.24) is 10.3 Å². The van der Waals surface area contributed by atoms with Gasteiger partial charge in [-0.25, -0.2) is 0 Å². The maximum Gasteiger partial charge on any atom is 0.159 e. The lowest BCUT2D eigenvalue weighted by atomic mass is 9.90. The van der Waals surface area contributed by atoms with Crippen LogP contribution in [0, 0.1) is 9.37 Å². The summed E-state index contributed by atoms with van der Waals surface area (Å²) >= 11 is 11.5. The molecule has 1 aliphatic rings. The minimum atomic E-state index is -0.0104. The molecule has 0 aliphatic heterocycles. The molecule has 0 radical (unpaired) electrons. The first-order valence-electron chi connectivity index (χ1n) is 4.92. The van der Waals surface area contributed by atoms with Crippen LogP contribution in [0.2, 0.25) is 0 Å². The molecule has 0 spiro atoms. The average Bonchev–Trinajstić information content (AvgIpc) is 2.55. The molecule has 1 heterocycles. The minimum absolute atomic E-state index is 0.0104. The van der Waals surface area contributed by atoms with Gasteiger partial charge in [0.2, 0.25) is 0 Å². The third-order valence-corrected chi connectivity index (χ3v) is 3.90. The summed E-state index contributed by atoms with van der Waals surface area (Å²) in [6, 6.07) is 0. The molecule has 2 rings (SSSR count). The van der Waals surface area contributed by atoms with Crippen molar-refractivity contribution in [2.24, 2.45) is 5.41 Å². The van der Waals surface area contributed by atoms with E-state index in [1.807, 2.05) is 0 Å². The van der Waals surface area contributed by atoms with Crippen LogP contribution in [0.25, 0.3) is 12.2 Å². The Morgan fingerprint density at radius 3 is 3.00 bits per heavy atom. The first kappa shape index (κ1) is 11.7. The molecule has 1 aromatic heterocycles. The molecule has 5 heteroatoms. The third-order valence-electron chi connectivity index (χ3n) is 2.52. The number of thiocarbonyl (C=S) groups is 1. The standard InChI is InChI=1S/C11H12N2S3/c1-11(6-12-7-14)4-2-8-9(3-5-11)16-10(15)13-8/h2-5,7H,6H2,1H3,(H,12,14)(H,13,15). The van der Waals surface area contributed by atoms with E-state index in [9.17, 15) is 0 Å². The molecular weight excluding hydrogens is 256 g/mol. The Labute approximate surface area is 109 Å². The first-order valence-corrected chi connectivity index (χ1v) is 6.61. The van der Waals surface area contributed by atoms with Crippen molar-refractivity contribution < 1.29 is 0 Å². The van der Waals surface area contributed by atoms with Gasteiger partial charge in [0.25, 0.3) is 0 Å². The number of rotatable bonds is 3. The van der Waals surface area contributed by atoms with Crippen LogP contribution in [0.1, 0.15) is 17.5 Å². The number of H-pyrrole nitrogens is 1. The fourth-order valence-electron chi connectivity index (χ4n) is 1.57. The van der Waals surface area contributed by atoms with Crippen LogP contribution in [-0.2, 0) is 0 Å². The second-order valence-corrected chi connectivity index (χ2v) is 5.92. The molecule has 0 saturated heterocycles. The maximum atomic E-state index is 5.12. The Morgan fingerprint density at radius 1 is 1.50 bits per heavy atom. The molecule has 0 saturated carbocycles. The lowest BCUT2D eigenvalue weighted by molar-refractivity contribution is 0.546. The Balaban J connectivity index is 2.30. The Morgan fingerprint density at radius 2 is 2.25 bits per heavy atom. The number of fused-ring (bicyclic) bond motifs is 1. The largest absolute Gasteiger partial charge is 0.381 e. The molecule has 0 fully saturated rings. The number of aromatic nitrogens is 1. The van der Waals surface area contributed by atoms with Crippen LogP contribution >= 0.6 is 35.8 Å². The van der Waals surface area contributed by atoms with Crippen LogP contribution in [0.5, 0.6) is 0 Å². The lowest BCUT2D eigenvalue weighted by Gasteiger charge is -2.20. The van der Waals surface area contributed by atoms with E-state index >= 15 is 0 Å². The third kappa shape index (κ3) is 2.48. The van der Waals surface area contributed by atoms with Crippen molar-refractivity contribution in [2.45, 2.75) is 6.92 Å². The summed E-state index contributed by atoms with van der Waals surface area (Å²) in [5.74, 6) is 0. The van der Waals surface area contributed by atoms with Crippen molar-refractivity contribution in [3.8, 4) is 0 Å². The van der Waals surface area contributed by atoms with E-state index < -0.39 is 0 Å². The normalized spacial score (nSPS) is 22.6. The Kier molecular flexibility index (Phi) is 3.37. The van der Waals surface area contributed by atoms with E-state index in [1.54, 1.807) is 16.8 Å². The highest BCUT2D eigenvalue weighted by atomic mass is 32.1. The highest BCUT2D eigenvalue weighted by molar-refractivity contribution is 7.78. The van der Waals surface area contributed by atoms with Gasteiger partial charge in [-0.1, -0.05) is 31.3 Å². The van der Waals surface area contributed by atoms with Gasteiger partial charge in [-0.2, -0.15) is 0 Å². The van der Waals surface area contributed by atoms with E-state index in [0.717, 1.165) is 16.2 Å². The first-order chi connectivity index (χ1) is 7.63. The van der Waals surface area contributed by atoms with Gasteiger partial charge in [-0.15, -0.1) is 11.3 Å². The summed E-state index contributed by atoms with van der Waals surface area (Å²) in [6.07, 6.45) is 8.56. The molecule has 1 atom stereocenters. The molecule has 0 aromatic carbocycles. The van der Waals surface area contributed by atoms with Crippen molar-refractivity contribution in [3.05, 3.63) is 26.7 Å². The zero-order valence-corrected chi connectivity index (χ0v) is 11.3. The quantitative estimate of drug-likeness (QED) is 0.823. The number of nitrogens with one attached hydrogen (secondary N) is 2. The summed E-state index contributed by atoms with van der Waals surface area (Å²) in [7, 11) is 0. The van der Waals surface area contributed by atoms with Crippen LogP contribution in [0.15, 0.2) is 12.2 Å². The number of aromatic amines is 1. The fraction of sp³-hybridized carbons (Fsp3) is 0.273. The van der Waals surface area contributed by atoms with Crippen LogP contribution in [0.4, 0.5) is 0 Å². The summed E-state index contributed by atoms with van der Waals surface area (Å²) in [4.78, 5) is 4.36. The Bertz CT molecular complexity index is 473. The van der Waals surface area contributed by atoms with Gasteiger partial charge < -0.3 is 10.3 Å². The van der Waals surface area contributed by atoms with Gasteiger partial charge in [0.15, 0.2) is 3.95 Å². The zero-order chi connectivity index (χ0) is 11.6. The smallest absolute Gasteiger partial charge is 0.159 e. The molecule has 2 N–H and O–H groups in total. The van der Waals surface area contributed by atoms with Gasteiger partial charge in [-0.3, -0.25) is 0 Å². The summed E-state index contributed by atoms with van der Waals surface area (Å²) < 4.78 is 0.819. The fourth-order valence-corrected chi connectivity index (χ4v) is 2.76. The predicted octanol–water partition coefficient (Wildman–Crippen LogP) is 3.40. The maximum absolute atomic E-state index is 5.12. The molecule has 0 amide bonds. The number of hydrogen-bond donors (Lipinski definition) is 2. The lowest BCUT2D eigenvalue weighted by Crippen LogP contribution is -2.26. The molecule has 1 aliphatic carbocycles. The molecule has 2 nitrogen and oxygen atoms in total. The molecule has 1 aromatic rings. The highest BCUT2D eigenvalue weighted by Gasteiger charge is 2.19. The topological polar surface area (TPSA) is 27.8 Å². The van der Waals surface area contributed by atoms with Crippen LogP contribution < -0.4 is 5.32 Å². The van der Waals surface area contributed by atoms with E-state index in [-0.39, 0.29) is 5.41 Å². The summed E-state index contributed by atoms with van der Waals surface area (Å²) in [5.41, 5.74) is 2.64. The van der Waals surface area contributed by atoms with Gasteiger partial charge in [0.05, 0.1) is 16.1 Å². The molecule has 1 unspecified atom stereocenters.